The van der Waals surface area contributed by atoms with Gasteiger partial charge in [-0.25, -0.2) is 8.42 Å². The predicted molar refractivity (Wildman–Crippen MR) is 111 cm³/mol. The first kappa shape index (κ1) is 21.5. The first-order valence-electron chi connectivity index (χ1n) is 10.2. The van der Waals surface area contributed by atoms with E-state index in [9.17, 15) is 18.0 Å². The molecule has 7 nitrogen and oxygen atoms in total. The highest BCUT2D eigenvalue weighted by Gasteiger charge is 2.30. The van der Waals surface area contributed by atoms with Crippen LogP contribution in [0.4, 0.5) is 0 Å². The molecule has 1 heterocycles. The summed E-state index contributed by atoms with van der Waals surface area (Å²) in [5.41, 5.74) is 0.462. The lowest BCUT2D eigenvalue weighted by Crippen LogP contribution is -2.49. The molecule has 1 saturated heterocycles. The SMILES string of the molecule is C=CC(=O)N[C@H]1CCCN(S(=O)(=O)c2ccc(C(=O)NC3CCCCC3)cc2)C1. The summed E-state index contributed by atoms with van der Waals surface area (Å²) in [7, 11) is -3.68. The minimum absolute atomic E-state index is 0.155. The summed E-state index contributed by atoms with van der Waals surface area (Å²) >= 11 is 0. The molecule has 0 aromatic heterocycles. The van der Waals surface area contributed by atoms with Crippen LogP contribution < -0.4 is 10.6 Å². The Labute approximate surface area is 172 Å². The molecule has 2 aliphatic rings. The highest BCUT2D eigenvalue weighted by molar-refractivity contribution is 7.89. The van der Waals surface area contributed by atoms with Crippen molar-refractivity contribution in [1.29, 1.82) is 0 Å². The van der Waals surface area contributed by atoms with Crippen molar-refractivity contribution in [3.63, 3.8) is 0 Å². The Hall–Kier alpha value is -2.19. The number of hydrogen-bond donors (Lipinski definition) is 2. The molecule has 1 aromatic carbocycles. The zero-order valence-corrected chi connectivity index (χ0v) is 17.4. The zero-order chi connectivity index (χ0) is 20.9. The van der Waals surface area contributed by atoms with Gasteiger partial charge in [0.15, 0.2) is 0 Å². The van der Waals surface area contributed by atoms with Gasteiger partial charge in [0.1, 0.15) is 0 Å². The number of carbonyl (C=O) groups is 2. The first-order chi connectivity index (χ1) is 13.9. The summed E-state index contributed by atoms with van der Waals surface area (Å²) in [5, 5.41) is 5.81. The summed E-state index contributed by atoms with van der Waals surface area (Å²) in [6, 6.07) is 6.06. The van der Waals surface area contributed by atoms with Gasteiger partial charge in [-0.1, -0.05) is 25.8 Å². The molecule has 158 valence electrons. The maximum atomic E-state index is 13.0. The van der Waals surface area contributed by atoms with Crippen LogP contribution in [0.1, 0.15) is 55.3 Å². The lowest BCUT2D eigenvalue weighted by molar-refractivity contribution is -0.117. The summed E-state index contributed by atoms with van der Waals surface area (Å²) in [6.45, 7) is 4.06. The third-order valence-corrected chi connectivity index (χ3v) is 7.49. The molecular weight excluding hydrogens is 390 g/mol. The van der Waals surface area contributed by atoms with Gasteiger partial charge in [-0.05, 0) is 56.0 Å². The van der Waals surface area contributed by atoms with Gasteiger partial charge >= 0.3 is 0 Å². The largest absolute Gasteiger partial charge is 0.349 e. The summed E-state index contributed by atoms with van der Waals surface area (Å²) < 4.78 is 27.3. The number of hydrogen-bond acceptors (Lipinski definition) is 4. The van der Waals surface area contributed by atoms with Gasteiger partial charge in [-0.15, -0.1) is 0 Å². The molecule has 2 fully saturated rings. The second-order valence-electron chi connectivity index (χ2n) is 7.75. The number of nitrogens with one attached hydrogen (secondary N) is 2. The molecular formula is C21H29N3O4S. The Balaban J connectivity index is 1.65. The van der Waals surface area contributed by atoms with Crippen LogP contribution in [0.15, 0.2) is 41.8 Å². The van der Waals surface area contributed by atoms with Crippen molar-refractivity contribution in [3.8, 4) is 0 Å². The van der Waals surface area contributed by atoms with Crippen molar-refractivity contribution in [2.75, 3.05) is 13.1 Å². The fourth-order valence-electron chi connectivity index (χ4n) is 3.98. The maximum Gasteiger partial charge on any atom is 0.251 e. The van der Waals surface area contributed by atoms with E-state index in [0.29, 0.717) is 18.5 Å². The Morgan fingerprint density at radius 3 is 2.28 bits per heavy atom. The van der Waals surface area contributed by atoms with Crippen molar-refractivity contribution >= 4 is 21.8 Å². The summed E-state index contributed by atoms with van der Waals surface area (Å²) in [6.07, 6.45) is 8.05. The van der Waals surface area contributed by atoms with Gasteiger partial charge in [0, 0.05) is 30.7 Å². The molecule has 29 heavy (non-hydrogen) atoms. The monoisotopic (exact) mass is 419 g/mol. The molecule has 1 aromatic rings. The molecule has 1 atom stereocenters. The molecule has 2 amide bonds. The quantitative estimate of drug-likeness (QED) is 0.691. The summed E-state index contributed by atoms with van der Waals surface area (Å²) in [5.74, 6) is -0.464. The van der Waals surface area contributed by atoms with Crippen LogP contribution >= 0.6 is 0 Å². The van der Waals surface area contributed by atoms with Gasteiger partial charge in [-0.3, -0.25) is 9.59 Å². The van der Waals surface area contributed by atoms with E-state index in [1.807, 2.05) is 0 Å². The molecule has 1 aliphatic heterocycles. The van der Waals surface area contributed by atoms with Gasteiger partial charge in [0.2, 0.25) is 15.9 Å². The Bertz CT molecular complexity index is 845. The average molecular weight is 420 g/mol. The molecule has 1 saturated carbocycles. The van der Waals surface area contributed by atoms with Gasteiger partial charge in [0.25, 0.3) is 5.91 Å². The van der Waals surface area contributed by atoms with E-state index in [-0.39, 0.29) is 35.3 Å². The molecule has 3 rings (SSSR count). The highest BCUT2D eigenvalue weighted by atomic mass is 32.2. The molecule has 0 radical (unpaired) electrons. The van der Waals surface area contributed by atoms with E-state index in [1.54, 1.807) is 12.1 Å². The van der Waals surface area contributed by atoms with Crippen LogP contribution in [-0.4, -0.2) is 49.7 Å². The zero-order valence-electron chi connectivity index (χ0n) is 16.6. The van der Waals surface area contributed by atoms with E-state index in [1.165, 1.54) is 28.9 Å². The average Bonchev–Trinajstić information content (AvgIpc) is 2.74. The molecule has 0 unspecified atom stereocenters. The van der Waals surface area contributed by atoms with Crippen LogP contribution in [0, 0.1) is 0 Å². The van der Waals surface area contributed by atoms with Crippen LogP contribution in [-0.2, 0) is 14.8 Å². The van der Waals surface area contributed by atoms with Crippen LogP contribution in [0.3, 0.4) is 0 Å². The Kier molecular flexibility index (Phi) is 7.08. The fraction of sp³-hybridized carbons (Fsp3) is 0.524. The third-order valence-electron chi connectivity index (χ3n) is 5.61. The van der Waals surface area contributed by atoms with Crippen LogP contribution in [0.2, 0.25) is 0 Å². The second-order valence-corrected chi connectivity index (χ2v) is 9.69. The Morgan fingerprint density at radius 1 is 0.966 bits per heavy atom. The molecule has 8 heteroatoms. The van der Waals surface area contributed by atoms with Crippen molar-refractivity contribution in [1.82, 2.24) is 14.9 Å². The number of amides is 2. The minimum atomic E-state index is -3.68. The van der Waals surface area contributed by atoms with Crippen molar-refractivity contribution in [2.24, 2.45) is 0 Å². The number of rotatable bonds is 6. The fourth-order valence-corrected chi connectivity index (χ4v) is 5.51. The van der Waals surface area contributed by atoms with Gasteiger partial charge < -0.3 is 10.6 Å². The molecule has 0 spiro atoms. The number of sulfonamides is 1. The number of piperidine rings is 1. The van der Waals surface area contributed by atoms with Crippen LogP contribution in [0.25, 0.3) is 0 Å². The summed E-state index contributed by atoms with van der Waals surface area (Å²) in [4.78, 5) is 24.1. The predicted octanol–water partition coefficient (Wildman–Crippen LogP) is 2.20. The van der Waals surface area contributed by atoms with Crippen LogP contribution in [0.5, 0.6) is 0 Å². The number of nitrogens with zero attached hydrogens (tertiary/aromatic N) is 1. The lowest BCUT2D eigenvalue weighted by atomic mass is 9.95. The van der Waals surface area contributed by atoms with Gasteiger partial charge in [0.05, 0.1) is 4.90 Å². The highest BCUT2D eigenvalue weighted by Crippen LogP contribution is 2.22. The van der Waals surface area contributed by atoms with E-state index < -0.39 is 10.0 Å². The normalized spacial score (nSPS) is 21.3. The Morgan fingerprint density at radius 2 is 1.62 bits per heavy atom. The van der Waals surface area contributed by atoms with Crippen molar-refractivity contribution in [3.05, 3.63) is 42.5 Å². The van der Waals surface area contributed by atoms with E-state index >= 15 is 0 Å². The molecule has 2 N–H and O–H groups in total. The topological polar surface area (TPSA) is 95.6 Å². The number of carbonyl (C=O) groups excluding carboxylic acids is 2. The number of benzene rings is 1. The first-order valence-corrected chi connectivity index (χ1v) is 11.7. The van der Waals surface area contributed by atoms with Gasteiger partial charge in [-0.2, -0.15) is 4.31 Å². The standard InChI is InChI=1S/C21H29N3O4S/c1-2-20(25)22-18-9-6-14-24(15-18)29(27,28)19-12-10-16(11-13-19)21(26)23-17-7-4-3-5-8-17/h2,10-13,17-18H,1,3-9,14-15H2,(H,22,25)(H,23,26)/t18-/m0/s1. The van der Waals surface area contributed by atoms with Crippen molar-refractivity contribution in [2.45, 2.75) is 61.9 Å². The maximum absolute atomic E-state index is 13.0. The van der Waals surface area contributed by atoms with E-state index in [4.69, 9.17) is 0 Å². The lowest BCUT2D eigenvalue weighted by Gasteiger charge is -2.32. The third kappa shape index (κ3) is 5.45. The second kappa shape index (κ2) is 9.54. The van der Waals surface area contributed by atoms with Crippen molar-refractivity contribution < 1.29 is 18.0 Å². The molecule has 1 aliphatic carbocycles. The smallest absolute Gasteiger partial charge is 0.251 e. The molecule has 0 bridgehead atoms. The minimum Gasteiger partial charge on any atom is -0.349 e. The van der Waals surface area contributed by atoms with E-state index in [2.05, 4.69) is 17.2 Å². The van der Waals surface area contributed by atoms with E-state index in [0.717, 1.165) is 32.1 Å².